The molecule has 2 unspecified atom stereocenters. The molecule has 0 saturated heterocycles. The molecule has 0 spiro atoms. The second-order valence-corrected chi connectivity index (χ2v) is 9.66. The fourth-order valence-electron chi connectivity index (χ4n) is 2.97. The number of carboxylic acid groups (broad SMARTS) is 4. The molecule has 0 aliphatic heterocycles. The van der Waals surface area contributed by atoms with Gasteiger partial charge in [-0.05, 0) is 36.9 Å². The zero-order chi connectivity index (χ0) is 27.7. The minimum absolute atomic E-state index is 0.127. The number of nitrogens with one attached hydrogen (secondary N) is 2. The third kappa shape index (κ3) is 16.2. The highest BCUT2D eigenvalue weighted by Crippen LogP contribution is 2.03. The Morgan fingerprint density at radius 1 is 0.639 bits per heavy atom. The van der Waals surface area contributed by atoms with Crippen molar-refractivity contribution < 1.29 is 49.2 Å². The first-order valence-corrected chi connectivity index (χ1v) is 13.6. The Morgan fingerprint density at radius 2 is 0.972 bits per heavy atom. The van der Waals surface area contributed by atoms with Crippen molar-refractivity contribution in [1.82, 2.24) is 20.4 Å². The first-order valence-electron chi connectivity index (χ1n) is 10.8. The predicted molar refractivity (Wildman–Crippen MR) is 133 cm³/mol. The highest BCUT2D eigenvalue weighted by molar-refractivity contribution is 7.98. The maximum Gasteiger partial charge on any atom is 0.326 e. The summed E-state index contributed by atoms with van der Waals surface area (Å²) in [6.45, 7) is -2.34. The number of rotatable bonds is 21. The monoisotopic (exact) mass is 554 g/mol. The molecule has 0 rings (SSSR count). The maximum absolute atomic E-state index is 12.3. The zero-order valence-corrected chi connectivity index (χ0v) is 21.8. The number of carboxylic acids is 4. The molecule has 0 aromatic rings. The number of hydrogen-bond acceptors (Lipinski definition) is 10. The van der Waals surface area contributed by atoms with Crippen molar-refractivity contribution >= 4 is 59.2 Å². The van der Waals surface area contributed by atoms with Crippen LogP contribution in [0.2, 0.25) is 0 Å². The number of carbonyl (C=O) groups excluding carboxylic acids is 2. The van der Waals surface area contributed by atoms with Gasteiger partial charge < -0.3 is 31.1 Å². The van der Waals surface area contributed by atoms with Crippen molar-refractivity contribution in [1.29, 1.82) is 0 Å². The summed E-state index contributed by atoms with van der Waals surface area (Å²) in [6.07, 6.45) is 3.92. The molecule has 6 N–H and O–H groups in total. The molecule has 0 bridgehead atoms. The molecule has 0 aromatic heterocycles. The van der Waals surface area contributed by atoms with Gasteiger partial charge in [0.25, 0.3) is 0 Å². The molecule has 2 amide bonds. The van der Waals surface area contributed by atoms with Gasteiger partial charge in [0.1, 0.15) is 12.1 Å². The van der Waals surface area contributed by atoms with E-state index in [2.05, 4.69) is 10.6 Å². The van der Waals surface area contributed by atoms with Crippen LogP contribution in [0, 0.1) is 0 Å². The van der Waals surface area contributed by atoms with Crippen LogP contribution in [0.3, 0.4) is 0 Å². The minimum Gasteiger partial charge on any atom is -0.480 e. The number of aliphatic carboxylic acids is 4. The molecule has 0 heterocycles. The van der Waals surface area contributed by atoms with E-state index in [1.54, 1.807) is 12.5 Å². The second kappa shape index (κ2) is 18.7. The standard InChI is InChI=1S/C20H34N4O10S2/c1-35-7-3-13(19(31)32)21-15(25)9-23(11-17(27)28)5-6-24(12-18(29)30)10-16(26)22-14(20(33)34)4-8-36-2/h13-14H,3-12H2,1-2H3,(H,21,25)(H,22,26)(H,27,28)(H,29,30)(H,31,32)(H,33,34). The van der Waals surface area contributed by atoms with E-state index < -0.39 is 74.0 Å². The van der Waals surface area contributed by atoms with E-state index in [0.717, 1.165) is 0 Å². The van der Waals surface area contributed by atoms with E-state index >= 15 is 0 Å². The molecule has 0 fully saturated rings. The number of thioether (sulfide) groups is 2. The molecule has 0 aromatic carbocycles. The fraction of sp³-hybridized carbons (Fsp3) is 0.700. The van der Waals surface area contributed by atoms with Crippen LogP contribution >= 0.6 is 23.5 Å². The van der Waals surface area contributed by atoms with Gasteiger partial charge >= 0.3 is 23.9 Å². The topological polar surface area (TPSA) is 214 Å². The molecule has 0 aliphatic carbocycles. The van der Waals surface area contributed by atoms with Gasteiger partial charge in [0.15, 0.2) is 0 Å². The van der Waals surface area contributed by atoms with Gasteiger partial charge in [-0.1, -0.05) is 0 Å². The average Bonchev–Trinajstić information content (AvgIpc) is 2.76. The van der Waals surface area contributed by atoms with Crippen molar-refractivity contribution in [3.63, 3.8) is 0 Å². The quantitative estimate of drug-likeness (QED) is 0.0943. The lowest BCUT2D eigenvalue weighted by Crippen LogP contribution is -2.50. The molecule has 14 nitrogen and oxygen atoms in total. The average molecular weight is 555 g/mol. The lowest BCUT2D eigenvalue weighted by Gasteiger charge is -2.26. The van der Waals surface area contributed by atoms with Crippen molar-refractivity contribution in [2.75, 3.05) is 63.3 Å². The van der Waals surface area contributed by atoms with E-state index in [0.29, 0.717) is 11.5 Å². The Morgan fingerprint density at radius 3 is 1.22 bits per heavy atom. The van der Waals surface area contributed by atoms with Crippen molar-refractivity contribution in [3.05, 3.63) is 0 Å². The van der Waals surface area contributed by atoms with Crippen LogP contribution in [0.25, 0.3) is 0 Å². The predicted octanol–water partition coefficient (Wildman–Crippen LogP) is -1.60. The first-order chi connectivity index (χ1) is 16.9. The Balaban J connectivity index is 5.18. The molecule has 36 heavy (non-hydrogen) atoms. The number of carbonyl (C=O) groups is 6. The van der Waals surface area contributed by atoms with E-state index in [1.807, 2.05) is 0 Å². The van der Waals surface area contributed by atoms with E-state index in [1.165, 1.54) is 33.3 Å². The smallest absolute Gasteiger partial charge is 0.326 e. The van der Waals surface area contributed by atoms with Crippen LogP contribution in [0.15, 0.2) is 0 Å². The molecular weight excluding hydrogens is 520 g/mol. The Labute approximate surface area is 217 Å². The van der Waals surface area contributed by atoms with Crippen LogP contribution < -0.4 is 10.6 Å². The summed E-state index contributed by atoms with van der Waals surface area (Å²) in [5, 5.41) is 41.5. The Hall–Kier alpha value is -2.56. The summed E-state index contributed by atoms with van der Waals surface area (Å²) in [5.41, 5.74) is 0. The van der Waals surface area contributed by atoms with E-state index in [9.17, 15) is 39.0 Å². The number of nitrogens with zero attached hydrogens (tertiary/aromatic N) is 2. The zero-order valence-electron chi connectivity index (χ0n) is 20.2. The molecule has 0 radical (unpaired) electrons. The summed E-state index contributed by atoms with van der Waals surface area (Å²) >= 11 is 2.81. The van der Waals surface area contributed by atoms with Gasteiger partial charge in [-0.2, -0.15) is 23.5 Å². The number of amides is 2. The Bertz CT molecular complexity index is 709. The summed E-state index contributed by atoms with van der Waals surface area (Å²) in [6, 6.07) is -2.28. The summed E-state index contributed by atoms with van der Waals surface area (Å²) in [5.74, 6) is -5.43. The first kappa shape index (κ1) is 33.4. The lowest BCUT2D eigenvalue weighted by molar-refractivity contribution is -0.143. The maximum atomic E-state index is 12.3. The molecule has 0 aliphatic rings. The lowest BCUT2D eigenvalue weighted by atomic mass is 10.2. The van der Waals surface area contributed by atoms with E-state index in [-0.39, 0.29) is 25.9 Å². The molecule has 16 heteroatoms. The van der Waals surface area contributed by atoms with Crippen LogP contribution in [0.1, 0.15) is 12.8 Å². The van der Waals surface area contributed by atoms with E-state index in [4.69, 9.17) is 10.2 Å². The van der Waals surface area contributed by atoms with Crippen LogP contribution in [-0.4, -0.2) is 141 Å². The molecule has 2 atom stereocenters. The normalized spacial score (nSPS) is 12.7. The third-order valence-electron chi connectivity index (χ3n) is 4.67. The second-order valence-electron chi connectivity index (χ2n) is 7.69. The highest BCUT2D eigenvalue weighted by atomic mass is 32.2. The highest BCUT2D eigenvalue weighted by Gasteiger charge is 2.24. The molecule has 206 valence electrons. The fourth-order valence-corrected chi connectivity index (χ4v) is 3.91. The van der Waals surface area contributed by atoms with Crippen molar-refractivity contribution in [2.24, 2.45) is 0 Å². The van der Waals surface area contributed by atoms with Gasteiger partial charge in [-0.15, -0.1) is 0 Å². The van der Waals surface area contributed by atoms with Crippen LogP contribution in [0.4, 0.5) is 0 Å². The summed E-state index contributed by atoms with van der Waals surface area (Å²) in [4.78, 5) is 72.2. The van der Waals surface area contributed by atoms with Crippen molar-refractivity contribution in [2.45, 2.75) is 24.9 Å². The van der Waals surface area contributed by atoms with Gasteiger partial charge in [-0.3, -0.25) is 29.0 Å². The number of hydrogen-bond donors (Lipinski definition) is 6. The van der Waals surface area contributed by atoms with Gasteiger partial charge in [0, 0.05) is 13.1 Å². The van der Waals surface area contributed by atoms with Gasteiger partial charge in [-0.25, -0.2) is 9.59 Å². The van der Waals surface area contributed by atoms with Crippen LogP contribution in [0.5, 0.6) is 0 Å². The van der Waals surface area contributed by atoms with Crippen LogP contribution in [-0.2, 0) is 28.8 Å². The largest absolute Gasteiger partial charge is 0.480 e. The van der Waals surface area contributed by atoms with Gasteiger partial charge in [0.05, 0.1) is 26.2 Å². The third-order valence-corrected chi connectivity index (χ3v) is 5.96. The van der Waals surface area contributed by atoms with Crippen molar-refractivity contribution in [3.8, 4) is 0 Å². The molecular formula is C20H34N4O10S2. The molecule has 0 saturated carbocycles. The Kier molecular flexibility index (Phi) is 17.3. The SMILES string of the molecule is CSCCC(NC(=O)CN(CCN(CC(=O)O)CC(=O)NC(CCSC)C(=O)O)CC(=O)O)C(=O)O. The summed E-state index contributed by atoms with van der Waals surface area (Å²) in [7, 11) is 0. The summed E-state index contributed by atoms with van der Waals surface area (Å²) < 4.78 is 0. The van der Waals surface area contributed by atoms with Gasteiger partial charge in [0.2, 0.25) is 11.8 Å². The minimum atomic E-state index is -1.26.